The largest absolute Gasteiger partial charge is 0.497 e. The Morgan fingerprint density at radius 1 is 1.00 bits per heavy atom. The van der Waals surface area contributed by atoms with Crippen molar-refractivity contribution in [1.82, 2.24) is 0 Å². The average molecular weight is 377 g/mol. The molecule has 0 radical (unpaired) electrons. The van der Waals surface area contributed by atoms with Crippen LogP contribution in [0.3, 0.4) is 0 Å². The Hall–Kier alpha value is -3.04. The second kappa shape index (κ2) is 7.29. The average Bonchev–Trinajstić information content (AvgIpc) is 2.70. The number of hydrogen-bond acceptors (Lipinski definition) is 2. The van der Waals surface area contributed by atoms with Crippen molar-refractivity contribution in [1.29, 1.82) is 0 Å². The molecule has 3 aromatic rings. The summed E-state index contributed by atoms with van der Waals surface area (Å²) in [6, 6.07) is 17.7. The van der Waals surface area contributed by atoms with E-state index in [1.807, 2.05) is 72.5 Å². The second-order valence-electron chi connectivity index (χ2n) is 6.38. The predicted molar refractivity (Wildman–Crippen MR) is 109 cm³/mol. The lowest BCUT2D eigenvalue weighted by atomic mass is 9.97. The normalized spacial score (nSPS) is 14.3. The number of ether oxygens (including phenoxy) is 2. The molecule has 4 rings (SSSR count). The SMILES string of the molecule is COc1ccc(C2=CC(=Cc3cc[n+](C)cc3)c3cc(Cl)ccc3O2)cc1. The minimum absolute atomic E-state index is 0.684. The van der Waals surface area contributed by atoms with E-state index in [4.69, 9.17) is 21.1 Å². The quantitative estimate of drug-likeness (QED) is 0.590. The van der Waals surface area contributed by atoms with Crippen LogP contribution in [0.4, 0.5) is 0 Å². The molecule has 0 aliphatic carbocycles. The van der Waals surface area contributed by atoms with Gasteiger partial charge in [-0.05, 0) is 65.8 Å². The molecular formula is C23H19ClNO2+. The summed E-state index contributed by atoms with van der Waals surface area (Å²) >= 11 is 6.23. The number of halogens is 1. The first-order chi connectivity index (χ1) is 13.1. The Bertz CT molecular complexity index is 1030. The first-order valence-electron chi connectivity index (χ1n) is 8.63. The molecule has 3 nitrogen and oxygen atoms in total. The number of aromatic nitrogens is 1. The van der Waals surface area contributed by atoms with Crippen LogP contribution in [0.1, 0.15) is 16.7 Å². The zero-order chi connectivity index (χ0) is 18.8. The molecule has 134 valence electrons. The molecule has 1 aliphatic rings. The molecule has 0 fully saturated rings. The number of methoxy groups -OCH3 is 1. The summed E-state index contributed by atoms with van der Waals surface area (Å²) < 4.78 is 13.4. The van der Waals surface area contributed by atoms with E-state index in [1.54, 1.807) is 7.11 Å². The summed E-state index contributed by atoms with van der Waals surface area (Å²) in [7, 11) is 3.66. The Kier molecular flexibility index (Phi) is 4.69. The molecule has 0 N–H and O–H groups in total. The van der Waals surface area contributed by atoms with Gasteiger partial charge in [-0.3, -0.25) is 0 Å². The van der Waals surface area contributed by atoms with Gasteiger partial charge >= 0.3 is 0 Å². The monoisotopic (exact) mass is 376 g/mol. The maximum Gasteiger partial charge on any atom is 0.169 e. The van der Waals surface area contributed by atoms with E-state index in [-0.39, 0.29) is 0 Å². The maximum atomic E-state index is 6.23. The van der Waals surface area contributed by atoms with Crippen LogP contribution >= 0.6 is 11.6 Å². The third-order valence-corrected chi connectivity index (χ3v) is 4.70. The van der Waals surface area contributed by atoms with E-state index in [9.17, 15) is 0 Å². The van der Waals surface area contributed by atoms with Crippen molar-refractivity contribution in [2.24, 2.45) is 7.05 Å². The van der Waals surface area contributed by atoms with Gasteiger partial charge in [0.2, 0.25) is 0 Å². The van der Waals surface area contributed by atoms with Gasteiger partial charge in [0.25, 0.3) is 0 Å². The maximum absolute atomic E-state index is 6.23. The van der Waals surface area contributed by atoms with Crippen molar-refractivity contribution in [3.05, 3.63) is 94.8 Å². The third-order valence-electron chi connectivity index (χ3n) is 4.46. The van der Waals surface area contributed by atoms with Crippen molar-refractivity contribution >= 4 is 29.0 Å². The minimum atomic E-state index is 0.684. The predicted octanol–water partition coefficient (Wildman–Crippen LogP) is 5.15. The van der Waals surface area contributed by atoms with E-state index < -0.39 is 0 Å². The lowest BCUT2D eigenvalue weighted by Gasteiger charge is -2.21. The van der Waals surface area contributed by atoms with E-state index in [0.29, 0.717) is 5.02 Å². The molecule has 2 heterocycles. The fourth-order valence-electron chi connectivity index (χ4n) is 2.99. The summed E-state index contributed by atoms with van der Waals surface area (Å²) in [6.07, 6.45) is 8.24. The number of nitrogens with zero attached hydrogens (tertiary/aromatic N) is 1. The van der Waals surface area contributed by atoms with E-state index in [1.165, 1.54) is 0 Å². The van der Waals surface area contributed by atoms with Gasteiger partial charge in [0.15, 0.2) is 12.4 Å². The summed E-state index contributed by atoms with van der Waals surface area (Å²) in [4.78, 5) is 0. The molecular weight excluding hydrogens is 358 g/mol. The first-order valence-corrected chi connectivity index (χ1v) is 9.01. The fourth-order valence-corrected chi connectivity index (χ4v) is 3.16. The molecule has 1 aliphatic heterocycles. The standard InChI is InChI=1S/C23H19ClNO2/c1-25-11-9-16(10-12-25)13-18-14-23(17-3-6-20(26-2)7-4-17)27-22-8-5-19(24)15-21(18)22/h3-15H,1-2H3/q+1. The van der Waals surface area contributed by atoms with Gasteiger partial charge in [0.1, 0.15) is 24.3 Å². The van der Waals surface area contributed by atoms with Crippen LogP contribution in [0, 0.1) is 0 Å². The van der Waals surface area contributed by atoms with Crippen molar-refractivity contribution in [2.45, 2.75) is 0 Å². The highest BCUT2D eigenvalue weighted by Gasteiger charge is 2.18. The van der Waals surface area contributed by atoms with Crippen LogP contribution < -0.4 is 14.0 Å². The van der Waals surface area contributed by atoms with Gasteiger partial charge < -0.3 is 9.47 Å². The van der Waals surface area contributed by atoms with Crippen LogP contribution in [-0.2, 0) is 7.05 Å². The molecule has 0 amide bonds. The van der Waals surface area contributed by atoms with Gasteiger partial charge in [0.05, 0.1) is 7.11 Å². The van der Waals surface area contributed by atoms with Gasteiger partial charge in [-0.25, -0.2) is 4.57 Å². The topological polar surface area (TPSA) is 22.3 Å². The number of rotatable bonds is 3. The molecule has 0 bridgehead atoms. The molecule has 0 spiro atoms. The van der Waals surface area contributed by atoms with Gasteiger partial charge in [-0.1, -0.05) is 11.6 Å². The Labute approximate surface area is 163 Å². The summed E-state index contributed by atoms with van der Waals surface area (Å²) in [6.45, 7) is 0. The highest BCUT2D eigenvalue weighted by Crippen LogP contribution is 2.39. The Balaban J connectivity index is 1.81. The number of benzene rings is 2. The van der Waals surface area contributed by atoms with Gasteiger partial charge in [0, 0.05) is 28.3 Å². The van der Waals surface area contributed by atoms with Crippen LogP contribution in [0.2, 0.25) is 5.02 Å². The van der Waals surface area contributed by atoms with Gasteiger partial charge in [-0.2, -0.15) is 0 Å². The molecule has 0 atom stereocenters. The number of pyridine rings is 1. The van der Waals surface area contributed by atoms with Crippen molar-refractivity contribution in [3.63, 3.8) is 0 Å². The minimum Gasteiger partial charge on any atom is -0.497 e. The number of allylic oxidation sites excluding steroid dienone is 2. The molecule has 2 aromatic carbocycles. The Morgan fingerprint density at radius 2 is 1.74 bits per heavy atom. The highest BCUT2D eigenvalue weighted by atomic mass is 35.5. The Morgan fingerprint density at radius 3 is 2.44 bits per heavy atom. The van der Waals surface area contributed by atoms with Crippen molar-refractivity contribution < 1.29 is 14.0 Å². The number of aryl methyl sites for hydroxylation is 1. The molecule has 0 saturated carbocycles. The summed E-state index contributed by atoms with van der Waals surface area (Å²) in [5, 5.41) is 0.684. The molecule has 0 unspecified atom stereocenters. The van der Waals surface area contributed by atoms with E-state index >= 15 is 0 Å². The van der Waals surface area contributed by atoms with E-state index in [0.717, 1.165) is 39.5 Å². The summed E-state index contributed by atoms with van der Waals surface area (Å²) in [5.74, 6) is 2.40. The first kappa shape index (κ1) is 17.4. The van der Waals surface area contributed by atoms with Crippen LogP contribution in [0.15, 0.2) is 73.1 Å². The van der Waals surface area contributed by atoms with Crippen LogP contribution in [-0.4, -0.2) is 7.11 Å². The smallest absolute Gasteiger partial charge is 0.169 e. The van der Waals surface area contributed by atoms with Crippen molar-refractivity contribution in [3.8, 4) is 11.5 Å². The highest BCUT2D eigenvalue weighted by molar-refractivity contribution is 6.30. The third kappa shape index (κ3) is 3.74. The number of hydrogen-bond donors (Lipinski definition) is 0. The van der Waals surface area contributed by atoms with E-state index in [2.05, 4.69) is 18.2 Å². The molecule has 1 aromatic heterocycles. The molecule has 4 heteroatoms. The fraction of sp³-hybridized carbons (Fsp3) is 0.0870. The lowest BCUT2D eigenvalue weighted by Crippen LogP contribution is -2.25. The van der Waals surface area contributed by atoms with Crippen LogP contribution in [0.25, 0.3) is 17.4 Å². The van der Waals surface area contributed by atoms with Crippen LogP contribution in [0.5, 0.6) is 11.5 Å². The zero-order valence-corrected chi connectivity index (χ0v) is 15.9. The van der Waals surface area contributed by atoms with Gasteiger partial charge in [-0.15, -0.1) is 0 Å². The zero-order valence-electron chi connectivity index (χ0n) is 15.1. The lowest BCUT2D eigenvalue weighted by molar-refractivity contribution is -0.671. The summed E-state index contributed by atoms with van der Waals surface area (Å²) in [5.41, 5.74) is 4.13. The molecule has 0 saturated heterocycles. The molecule has 27 heavy (non-hydrogen) atoms. The second-order valence-corrected chi connectivity index (χ2v) is 6.81. The number of fused-ring (bicyclic) bond motifs is 1. The van der Waals surface area contributed by atoms with Crippen molar-refractivity contribution in [2.75, 3.05) is 7.11 Å².